The van der Waals surface area contributed by atoms with Crippen molar-refractivity contribution in [3.63, 3.8) is 0 Å². The minimum atomic E-state index is -0.362. The highest BCUT2D eigenvalue weighted by atomic mass is 16.5. The van der Waals surface area contributed by atoms with Crippen LogP contribution in [0, 0.1) is 13.8 Å². The first-order valence-corrected chi connectivity index (χ1v) is 15.1. The molecular weight excluding hydrogens is 530 g/mol. The third-order valence-electron chi connectivity index (χ3n) is 9.18. The summed E-state index contributed by atoms with van der Waals surface area (Å²) < 4.78 is 9.57. The first-order valence-electron chi connectivity index (χ1n) is 15.1. The van der Waals surface area contributed by atoms with Gasteiger partial charge < -0.3 is 15.8 Å². The highest BCUT2D eigenvalue weighted by Gasteiger charge is 2.30. The molecule has 3 aromatic heterocycles. The van der Waals surface area contributed by atoms with E-state index in [2.05, 4.69) is 66.2 Å². The molecule has 0 spiro atoms. The predicted molar refractivity (Wildman–Crippen MR) is 163 cm³/mol. The van der Waals surface area contributed by atoms with Crippen LogP contribution >= 0.6 is 0 Å². The number of primary amides is 1. The molecule has 1 aromatic carbocycles. The summed E-state index contributed by atoms with van der Waals surface area (Å²) in [5.41, 5.74) is 13.4. The number of nitrogens with one attached hydrogen (secondary N) is 1. The Kier molecular flexibility index (Phi) is 7.76. The molecule has 2 aliphatic heterocycles. The average molecular weight is 572 g/mol. The van der Waals surface area contributed by atoms with Crippen molar-refractivity contribution >= 4 is 28.6 Å². The molecule has 3 N–H and O–H groups in total. The van der Waals surface area contributed by atoms with Crippen molar-refractivity contribution in [1.29, 1.82) is 0 Å². The lowest BCUT2D eigenvalue weighted by Gasteiger charge is -2.31. The summed E-state index contributed by atoms with van der Waals surface area (Å²) in [4.78, 5) is 32.0. The topological polar surface area (TPSA) is 120 Å². The maximum Gasteiger partial charge on any atom is 0.419 e. The molecular formula is C32H41N7O3. The Labute approximate surface area is 246 Å². The molecule has 0 unspecified atom stereocenters. The van der Waals surface area contributed by atoms with E-state index >= 15 is 0 Å². The Bertz CT molecular complexity index is 1640. The molecule has 10 heteroatoms. The van der Waals surface area contributed by atoms with Crippen LogP contribution in [0.15, 0.2) is 30.7 Å². The Hall–Kier alpha value is -3.76. The number of carbonyl (C=O) groups is 2. The number of fused-ring (bicyclic) bond motifs is 2. The van der Waals surface area contributed by atoms with Gasteiger partial charge in [0, 0.05) is 23.2 Å². The Morgan fingerprint density at radius 3 is 2.62 bits per heavy atom. The van der Waals surface area contributed by atoms with E-state index in [-0.39, 0.29) is 24.0 Å². The number of benzene rings is 1. The summed E-state index contributed by atoms with van der Waals surface area (Å²) in [6, 6.07) is 6.71. The summed E-state index contributed by atoms with van der Waals surface area (Å²) >= 11 is 0. The summed E-state index contributed by atoms with van der Waals surface area (Å²) in [6.45, 7) is 11.8. The minimum absolute atomic E-state index is 0.145. The molecule has 2 saturated heterocycles. The van der Waals surface area contributed by atoms with Gasteiger partial charge >= 0.3 is 6.09 Å². The van der Waals surface area contributed by atoms with Crippen LogP contribution in [0.2, 0.25) is 0 Å². The number of aryl methyl sites for hydroxylation is 1. The van der Waals surface area contributed by atoms with E-state index < -0.39 is 0 Å². The van der Waals surface area contributed by atoms with E-state index in [0.29, 0.717) is 19.1 Å². The minimum Gasteiger partial charge on any atom is -0.447 e. The third-order valence-corrected chi connectivity index (χ3v) is 9.18. The van der Waals surface area contributed by atoms with Crippen molar-refractivity contribution in [1.82, 2.24) is 29.4 Å². The number of carbonyl (C=O) groups excluding carboxylic acids is 2. The molecule has 2 fully saturated rings. The molecule has 0 radical (unpaired) electrons. The molecule has 6 rings (SSSR count). The Balaban J connectivity index is 1.48. The number of amides is 1. The van der Waals surface area contributed by atoms with Crippen molar-refractivity contribution in [2.24, 2.45) is 5.73 Å². The van der Waals surface area contributed by atoms with E-state index in [1.807, 2.05) is 6.20 Å². The van der Waals surface area contributed by atoms with Crippen LogP contribution in [0.5, 0.6) is 0 Å². The second-order valence-electron chi connectivity index (χ2n) is 12.2. The second kappa shape index (κ2) is 11.5. The number of pyridine rings is 1. The van der Waals surface area contributed by atoms with Crippen LogP contribution in [0.3, 0.4) is 0 Å². The Morgan fingerprint density at radius 1 is 1.14 bits per heavy atom. The van der Waals surface area contributed by atoms with E-state index in [9.17, 15) is 9.59 Å². The lowest BCUT2D eigenvalue weighted by molar-refractivity contribution is -0.119. The summed E-state index contributed by atoms with van der Waals surface area (Å²) in [6.07, 6.45) is 7.21. The highest BCUT2D eigenvalue weighted by Crippen LogP contribution is 2.42. The average Bonchev–Trinajstić information content (AvgIpc) is 3.72. The summed E-state index contributed by atoms with van der Waals surface area (Å²) in [7, 11) is 0. The molecule has 42 heavy (non-hydrogen) atoms. The monoisotopic (exact) mass is 571 g/mol. The number of likely N-dealkylation sites (tertiary alicyclic amines) is 1. The first-order chi connectivity index (χ1) is 20.2. The molecule has 10 nitrogen and oxygen atoms in total. The van der Waals surface area contributed by atoms with Gasteiger partial charge in [-0.25, -0.2) is 18.9 Å². The molecule has 222 valence electrons. The van der Waals surface area contributed by atoms with Crippen LogP contribution in [0.1, 0.15) is 73.6 Å². The third kappa shape index (κ3) is 5.18. The van der Waals surface area contributed by atoms with Crippen molar-refractivity contribution in [3.8, 4) is 11.3 Å². The zero-order valence-electron chi connectivity index (χ0n) is 25.0. The van der Waals surface area contributed by atoms with Gasteiger partial charge in [-0.2, -0.15) is 5.10 Å². The second-order valence-corrected chi connectivity index (χ2v) is 12.2. The molecule has 0 aliphatic carbocycles. The van der Waals surface area contributed by atoms with E-state index in [0.717, 1.165) is 89.8 Å². The zero-order chi connectivity index (χ0) is 29.5. The van der Waals surface area contributed by atoms with Gasteiger partial charge in [0.15, 0.2) is 5.65 Å². The Morgan fingerprint density at radius 2 is 1.93 bits per heavy atom. The molecule has 2 aliphatic rings. The van der Waals surface area contributed by atoms with Gasteiger partial charge in [0.1, 0.15) is 12.9 Å². The van der Waals surface area contributed by atoms with Crippen molar-refractivity contribution < 1.29 is 14.3 Å². The van der Waals surface area contributed by atoms with Gasteiger partial charge in [-0.05, 0) is 105 Å². The van der Waals surface area contributed by atoms with Gasteiger partial charge in [0.2, 0.25) is 5.91 Å². The molecule has 4 aromatic rings. The van der Waals surface area contributed by atoms with Crippen LogP contribution in [-0.4, -0.2) is 74.9 Å². The fraction of sp³-hybridized carbons (Fsp3) is 0.500. The van der Waals surface area contributed by atoms with E-state index in [1.165, 1.54) is 5.56 Å². The van der Waals surface area contributed by atoms with Crippen LogP contribution in [0.4, 0.5) is 4.79 Å². The first kappa shape index (κ1) is 28.4. The standard InChI is InChI=1S/C32H41N7O3/c1-19(2)29-25-14-23(22-9-12-37(13-10-22)16-28(33)40)7-8-27(25)39(32(41)42-17-24-6-5-11-34-24)30(29)26-15-38-31(35-18-36-38)21(4)20(26)3/h7-8,14-15,18-19,22,24,34H,5-6,9-13,16-17H2,1-4H3,(H2,33,40)/t24-/m0/s1. The molecule has 0 saturated carbocycles. The molecule has 1 amide bonds. The zero-order valence-corrected chi connectivity index (χ0v) is 25.0. The number of hydrogen-bond acceptors (Lipinski definition) is 7. The van der Waals surface area contributed by atoms with Gasteiger partial charge in [-0.15, -0.1) is 0 Å². The molecule has 0 bridgehead atoms. The maximum atomic E-state index is 14.0. The summed E-state index contributed by atoms with van der Waals surface area (Å²) in [5.74, 6) is 0.239. The largest absolute Gasteiger partial charge is 0.447 e. The SMILES string of the molecule is Cc1c(-c2c(C(C)C)c3cc(C4CCN(CC(N)=O)CC4)ccc3n2C(=O)OC[C@@H]2CCCN2)cn2ncnc2c1C. The van der Waals surface area contributed by atoms with E-state index in [1.54, 1.807) is 15.4 Å². The number of nitrogens with two attached hydrogens (primary N) is 1. The molecule has 5 heterocycles. The fourth-order valence-corrected chi connectivity index (χ4v) is 6.85. The quantitative estimate of drug-likeness (QED) is 0.335. The smallest absolute Gasteiger partial charge is 0.419 e. The van der Waals surface area contributed by atoms with Crippen LogP contribution in [0.25, 0.3) is 27.8 Å². The van der Waals surface area contributed by atoms with Crippen LogP contribution in [-0.2, 0) is 9.53 Å². The van der Waals surface area contributed by atoms with Crippen molar-refractivity contribution in [3.05, 3.63) is 53.0 Å². The number of nitrogens with zero attached hydrogens (tertiary/aromatic N) is 5. The lowest BCUT2D eigenvalue weighted by Crippen LogP contribution is -2.39. The number of rotatable bonds is 7. The highest BCUT2D eigenvalue weighted by molar-refractivity contribution is 6.00. The lowest BCUT2D eigenvalue weighted by atomic mass is 9.87. The van der Waals surface area contributed by atoms with Gasteiger partial charge in [0.05, 0.1) is 17.8 Å². The van der Waals surface area contributed by atoms with Gasteiger partial charge in [0.25, 0.3) is 0 Å². The molecule has 1 atom stereocenters. The van der Waals surface area contributed by atoms with Gasteiger partial charge in [-0.1, -0.05) is 19.9 Å². The van der Waals surface area contributed by atoms with Crippen LogP contribution < -0.4 is 11.1 Å². The number of aromatic nitrogens is 4. The normalized spacial score (nSPS) is 18.5. The van der Waals surface area contributed by atoms with Gasteiger partial charge in [-0.3, -0.25) is 9.69 Å². The number of piperidine rings is 1. The predicted octanol–water partition coefficient (Wildman–Crippen LogP) is 4.49. The maximum absolute atomic E-state index is 14.0. The number of hydrogen-bond donors (Lipinski definition) is 2. The van der Waals surface area contributed by atoms with Crippen molar-refractivity contribution in [2.45, 2.75) is 71.3 Å². The van der Waals surface area contributed by atoms with E-state index in [4.69, 9.17) is 10.5 Å². The summed E-state index contributed by atoms with van der Waals surface area (Å²) in [5, 5.41) is 8.94. The number of ether oxygens (including phenoxy) is 1. The van der Waals surface area contributed by atoms with Crippen molar-refractivity contribution in [2.75, 3.05) is 32.8 Å². The fourth-order valence-electron chi connectivity index (χ4n) is 6.85.